The van der Waals surface area contributed by atoms with E-state index in [1.165, 1.54) is 38.5 Å². The molecule has 0 radical (unpaired) electrons. The number of ether oxygens (including phenoxy) is 3. The van der Waals surface area contributed by atoms with Gasteiger partial charge in [0.1, 0.15) is 17.6 Å². The van der Waals surface area contributed by atoms with Crippen molar-refractivity contribution in [2.45, 2.75) is 12.0 Å². The Morgan fingerprint density at radius 1 is 1.16 bits per heavy atom. The summed E-state index contributed by atoms with van der Waals surface area (Å²) in [5.41, 5.74) is 0.818. The lowest BCUT2D eigenvalue weighted by Gasteiger charge is -2.33. The number of carbonyl (C=O) groups is 1. The van der Waals surface area contributed by atoms with E-state index in [2.05, 4.69) is 0 Å². The third-order valence-corrected chi connectivity index (χ3v) is 5.15. The molecule has 0 fully saturated rings. The number of carboxylic acids is 1. The van der Waals surface area contributed by atoms with Gasteiger partial charge in [0, 0.05) is 17.2 Å². The van der Waals surface area contributed by atoms with Crippen molar-refractivity contribution in [2.75, 3.05) is 20.8 Å². The summed E-state index contributed by atoms with van der Waals surface area (Å²) >= 11 is 0. The molecule has 2 atom stereocenters. The van der Waals surface area contributed by atoms with Crippen LogP contribution in [-0.2, 0) is 19.4 Å². The number of aliphatic carboxylic acids is 1. The maximum atomic E-state index is 11.6. The smallest absolute Gasteiger partial charge is 0.397 e. The summed E-state index contributed by atoms with van der Waals surface area (Å²) in [6, 6.07) is 7.55. The zero-order valence-electron chi connectivity index (χ0n) is 16.5. The Morgan fingerprint density at radius 3 is 2.52 bits per heavy atom. The second-order valence-electron chi connectivity index (χ2n) is 6.60. The van der Waals surface area contributed by atoms with Crippen LogP contribution in [0.1, 0.15) is 28.7 Å². The van der Waals surface area contributed by atoms with Crippen molar-refractivity contribution in [1.82, 2.24) is 0 Å². The molecule has 2 aromatic rings. The number of phenolic OH excluding ortho intramolecular Hbond substituents is 1. The molecule has 1 aliphatic heterocycles. The van der Waals surface area contributed by atoms with Crippen LogP contribution in [0.15, 0.2) is 36.4 Å². The maximum absolute atomic E-state index is 11.6. The molecular formula is C20H20O10S. The first-order chi connectivity index (χ1) is 14.6. The largest absolute Gasteiger partial charge is 0.504 e. The standard InChI is InChI=1S/C20H20O10S/c1-27-12-4-5-16-14(9-12)20(30-31(24,25)26)15(10-29-16)13-7-11(3-6-18(21)22)8-17(28-2)19(13)23/h3-9,15,20,23H,10H2,1-2H3,(H,21,22)(H,24,25,26). The lowest BCUT2D eigenvalue weighted by atomic mass is 9.86. The van der Waals surface area contributed by atoms with Crippen LogP contribution in [0.25, 0.3) is 6.08 Å². The summed E-state index contributed by atoms with van der Waals surface area (Å²) in [6.07, 6.45) is 0.912. The second kappa shape index (κ2) is 8.84. The first-order valence-electron chi connectivity index (χ1n) is 8.91. The number of fused-ring (bicyclic) bond motifs is 1. The summed E-state index contributed by atoms with van der Waals surface area (Å²) in [7, 11) is -2.15. The van der Waals surface area contributed by atoms with Crippen molar-refractivity contribution in [3.05, 3.63) is 53.1 Å². The molecule has 1 aliphatic rings. The Kier molecular flexibility index (Phi) is 6.39. The van der Waals surface area contributed by atoms with Crippen molar-refractivity contribution in [3.63, 3.8) is 0 Å². The van der Waals surface area contributed by atoms with Gasteiger partial charge in [0.05, 0.1) is 26.7 Å². The van der Waals surface area contributed by atoms with Gasteiger partial charge in [-0.15, -0.1) is 0 Å². The Balaban J connectivity index is 2.17. The van der Waals surface area contributed by atoms with Crippen molar-refractivity contribution in [2.24, 2.45) is 0 Å². The highest BCUT2D eigenvalue weighted by atomic mass is 32.3. The van der Waals surface area contributed by atoms with Crippen LogP contribution in [0.2, 0.25) is 0 Å². The number of methoxy groups -OCH3 is 2. The average Bonchev–Trinajstić information content (AvgIpc) is 2.72. The van der Waals surface area contributed by atoms with E-state index < -0.39 is 28.4 Å². The van der Waals surface area contributed by atoms with E-state index >= 15 is 0 Å². The third kappa shape index (κ3) is 5.08. The van der Waals surface area contributed by atoms with Gasteiger partial charge in [0.25, 0.3) is 0 Å². The number of carboxylic acid groups (broad SMARTS) is 1. The van der Waals surface area contributed by atoms with Gasteiger partial charge in [-0.2, -0.15) is 8.42 Å². The molecule has 166 valence electrons. The highest BCUT2D eigenvalue weighted by Gasteiger charge is 2.38. The molecule has 0 saturated heterocycles. The molecule has 3 N–H and O–H groups in total. The lowest BCUT2D eigenvalue weighted by molar-refractivity contribution is -0.131. The normalized spacial score (nSPS) is 18.3. The van der Waals surface area contributed by atoms with Crippen molar-refractivity contribution < 1.29 is 46.4 Å². The number of aromatic hydroxyl groups is 1. The van der Waals surface area contributed by atoms with Gasteiger partial charge in [-0.3, -0.25) is 4.55 Å². The van der Waals surface area contributed by atoms with E-state index in [1.54, 1.807) is 12.1 Å². The summed E-state index contributed by atoms with van der Waals surface area (Å²) in [5.74, 6) is -1.65. The molecule has 2 unspecified atom stereocenters. The van der Waals surface area contributed by atoms with Crippen molar-refractivity contribution in [3.8, 4) is 23.0 Å². The molecule has 0 spiro atoms. The molecule has 10 nitrogen and oxygen atoms in total. The summed E-state index contributed by atoms with van der Waals surface area (Å²) in [6.45, 7) is -0.109. The van der Waals surface area contributed by atoms with Gasteiger partial charge >= 0.3 is 16.4 Å². The summed E-state index contributed by atoms with van der Waals surface area (Å²) in [5, 5.41) is 19.6. The molecule has 0 aliphatic carbocycles. The Morgan fingerprint density at radius 2 is 1.90 bits per heavy atom. The van der Waals surface area contributed by atoms with Crippen LogP contribution in [0.3, 0.4) is 0 Å². The fraction of sp³-hybridized carbons (Fsp3) is 0.250. The molecule has 0 aromatic heterocycles. The van der Waals surface area contributed by atoms with Gasteiger partial charge < -0.3 is 24.4 Å². The molecule has 0 amide bonds. The van der Waals surface area contributed by atoms with Crippen LogP contribution in [0.5, 0.6) is 23.0 Å². The minimum absolute atomic E-state index is 0.0320. The highest BCUT2D eigenvalue weighted by Crippen LogP contribution is 2.48. The number of phenols is 1. The minimum atomic E-state index is -4.89. The minimum Gasteiger partial charge on any atom is -0.504 e. The predicted molar refractivity (Wildman–Crippen MR) is 108 cm³/mol. The number of benzene rings is 2. The van der Waals surface area contributed by atoms with Gasteiger partial charge in [-0.25, -0.2) is 8.98 Å². The number of rotatable bonds is 7. The second-order valence-corrected chi connectivity index (χ2v) is 7.65. The maximum Gasteiger partial charge on any atom is 0.397 e. The SMILES string of the molecule is COc1ccc2c(c1)C(OS(=O)(=O)O)C(c1cc(C=CC(=O)O)cc(OC)c1O)CO2. The Bertz CT molecular complexity index is 1120. The van der Waals surface area contributed by atoms with Gasteiger partial charge in [0.15, 0.2) is 11.5 Å². The Hall–Kier alpha value is -3.28. The molecule has 31 heavy (non-hydrogen) atoms. The zero-order valence-corrected chi connectivity index (χ0v) is 17.3. The van der Waals surface area contributed by atoms with Gasteiger partial charge in [-0.05, 0) is 42.0 Å². The van der Waals surface area contributed by atoms with Gasteiger partial charge in [-0.1, -0.05) is 0 Å². The quantitative estimate of drug-likeness (QED) is 0.422. The summed E-state index contributed by atoms with van der Waals surface area (Å²) in [4.78, 5) is 10.9. The van der Waals surface area contributed by atoms with Crippen LogP contribution in [0.4, 0.5) is 0 Å². The van der Waals surface area contributed by atoms with E-state index in [0.717, 1.165) is 6.08 Å². The average molecular weight is 452 g/mol. The van der Waals surface area contributed by atoms with Gasteiger partial charge in [0.2, 0.25) is 0 Å². The number of hydrogen-bond acceptors (Lipinski definition) is 8. The molecule has 3 rings (SSSR count). The van der Waals surface area contributed by atoms with E-state index in [-0.39, 0.29) is 29.2 Å². The first-order valence-corrected chi connectivity index (χ1v) is 10.3. The first kappa shape index (κ1) is 22.4. The molecule has 2 aromatic carbocycles. The Labute approximate surface area is 178 Å². The van der Waals surface area contributed by atoms with E-state index in [4.69, 9.17) is 23.5 Å². The lowest BCUT2D eigenvalue weighted by Crippen LogP contribution is -2.28. The molecule has 0 saturated carbocycles. The van der Waals surface area contributed by atoms with Crippen LogP contribution >= 0.6 is 0 Å². The predicted octanol–water partition coefficient (Wildman–Crippen LogP) is 2.54. The van der Waals surface area contributed by atoms with Crippen molar-refractivity contribution in [1.29, 1.82) is 0 Å². The third-order valence-electron chi connectivity index (χ3n) is 4.70. The topological polar surface area (TPSA) is 149 Å². The van der Waals surface area contributed by atoms with E-state index in [9.17, 15) is 22.9 Å². The molecule has 11 heteroatoms. The van der Waals surface area contributed by atoms with E-state index in [1.807, 2.05) is 0 Å². The fourth-order valence-corrected chi connectivity index (χ4v) is 3.85. The zero-order chi connectivity index (χ0) is 22.8. The van der Waals surface area contributed by atoms with Crippen LogP contribution in [-0.4, -0.2) is 50.0 Å². The van der Waals surface area contributed by atoms with Crippen molar-refractivity contribution >= 4 is 22.4 Å². The van der Waals surface area contributed by atoms with Crippen LogP contribution < -0.4 is 14.2 Å². The number of hydrogen-bond donors (Lipinski definition) is 3. The fourth-order valence-electron chi connectivity index (χ4n) is 3.35. The summed E-state index contributed by atoms with van der Waals surface area (Å²) < 4.78 is 53.6. The molecule has 1 heterocycles. The van der Waals surface area contributed by atoms with Crippen LogP contribution in [0, 0.1) is 0 Å². The highest BCUT2D eigenvalue weighted by molar-refractivity contribution is 7.80. The van der Waals surface area contributed by atoms with E-state index in [0.29, 0.717) is 17.1 Å². The molecule has 0 bridgehead atoms. The monoisotopic (exact) mass is 452 g/mol. The molecular weight excluding hydrogens is 432 g/mol.